The lowest BCUT2D eigenvalue weighted by molar-refractivity contribution is -0.144. The molecule has 3 N–H and O–H groups in total. The van der Waals surface area contributed by atoms with Crippen molar-refractivity contribution in [1.29, 1.82) is 0 Å². The highest BCUT2D eigenvalue weighted by molar-refractivity contribution is 5.71. The van der Waals surface area contributed by atoms with E-state index in [0.717, 1.165) is 19.6 Å². The van der Waals surface area contributed by atoms with E-state index >= 15 is 0 Å². The summed E-state index contributed by atoms with van der Waals surface area (Å²) in [5.41, 5.74) is 0. The molecule has 0 bridgehead atoms. The molecule has 0 radical (unpaired) electrons. The molecule has 68 valence electrons. The van der Waals surface area contributed by atoms with Crippen molar-refractivity contribution in [3.63, 3.8) is 0 Å². The average molecular weight is 170 g/mol. The third kappa shape index (κ3) is 1.21. The number of piperidine rings is 1. The Kier molecular flexibility index (Phi) is 2.02. The Balaban J connectivity index is 2.08. The van der Waals surface area contributed by atoms with E-state index in [-0.39, 0.29) is 5.92 Å². The fourth-order valence-corrected chi connectivity index (χ4v) is 2.29. The summed E-state index contributed by atoms with van der Waals surface area (Å²) in [6.45, 7) is 3.46. The van der Waals surface area contributed by atoms with Crippen LogP contribution in [0.1, 0.15) is 0 Å². The summed E-state index contributed by atoms with van der Waals surface area (Å²) in [6.07, 6.45) is 0. The van der Waals surface area contributed by atoms with Crippen molar-refractivity contribution in [1.82, 2.24) is 10.6 Å². The van der Waals surface area contributed by atoms with Crippen molar-refractivity contribution in [2.24, 2.45) is 17.8 Å². The second kappa shape index (κ2) is 3.03. The number of hydrogen-bond acceptors (Lipinski definition) is 3. The normalized spacial score (nSPS) is 40.8. The minimum atomic E-state index is -0.652. The molecule has 2 aliphatic rings. The molecule has 2 rings (SSSR count). The number of nitrogens with one attached hydrogen (secondary N) is 2. The Hall–Kier alpha value is -0.610. The summed E-state index contributed by atoms with van der Waals surface area (Å²) in [5, 5.41) is 15.3. The molecular weight excluding hydrogens is 156 g/mol. The lowest BCUT2D eigenvalue weighted by Gasteiger charge is -2.30. The fourth-order valence-electron chi connectivity index (χ4n) is 2.29. The van der Waals surface area contributed by atoms with Crippen LogP contribution in [-0.2, 0) is 4.79 Å². The molecule has 2 saturated heterocycles. The van der Waals surface area contributed by atoms with Crippen molar-refractivity contribution in [2.45, 2.75) is 0 Å². The van der Waals surface area contributed by atoms with Crippen molar-refractivity contribution in [3.8, 4) is 0 Å². The highest BCUT2D eigenvalue weighted by Gasteiger charge is 2.39. The van der Waals surface area contributed by atoms with Gasteiger partial charge in [0.25, 0.3) is 0 Å². The van der Waals surface area contributed by atoms with Gasteiger partial charge in [-0.25, -0.2) is 0 Å². The number of fused-ring (bicyclic) bond motifs is 1. The van der Waals surface area contributed by atoms with E-state index in [1.165, 1.54) is 0 Å². The summed E-state index contributed by atoms with van der Waals surface area (Å²) in [4.78, 5) is 10.8. The van der Waals surface area contributed by atoms with Gasteiger partial charge < -0.3 is 15.7 Å². The van der Waals surface area contributed by atoms with Gasteiger partial charge in [0.1, 0.15) is 0 Å². The number of carboxylic acid groups (broad SMARTS) is 1. The van der Waals surface area contributed by atoms with Gasteiger partial charge in [0.2, 0.25) is 0 Å². The smallest absolute Gasteiger partial charge is 0.308 e. The van der Waals surface area contributed by atoms with Crippen LogP contribution in [0.3, 0.4) is 0 Å². The number of carboxylic acids is 1. The summed E-state index contributed by atoms with van der Waals surface area (Å²) < 4.78 is 0. The molecular formula is C8H14N2O2. The number of carbonyl (C=O) groups is 1. The van der Waals surface area contributed by atoms with E-state index in [1.54, 1.807) is 0 Å². The predicted molar refractivity (Wildman–Crippen MR) is 43.8 cm³/mol. The van der Waals surface area contributed by atoms with E-state index in [1.807, 2.05) is 0 Å². The molecule has 3 atom stereocenters. The summed E-state index contributed by atoms with van der Waals surface area (Å²) in [5.74, 6) is 0.0447. The highest BCUT2D eigenvalue weighted by atomic mass is 16.4. The molecule has 0 aromatic carbocycles. The number of aliphatic carboxylic acids is 1. The molecule has 0 amide bonds. The van der Waals surface area contributed by atoms with Gasteiger partial charge in [-0.1, -0.05) is 0 Å². The summed E-state index contributed by atoms with van der Waals surface area (Å²) >= 11 is 0. The zero-order valence-electron chi connectivity index (χ0n) is 6.92. The number of hydrogen-bond donors (Lipinski definition) is 3. The second-order valence-corrected chi connectivity index (χ2v) is 3.69. The molecule has 0 aromatic rings. The largest absolute Gasteiger partial charge is 0.481 e. The van der Waals surface area contributed by atoms with Crippen LogP contribution in [0.2, 0.25) is 0 Å². The molecule has 12 heavy (non-hydrogen) atoms. The second-order valence-electron chi connectivity index (χ2n) is 3.69. The van der Waals surface area contributed by atoms with E-state index in [9.17, 15) is 4.79 Å². The lowest BCUT2D eigenvalue weighted by Crippen LogP contribution is -2.46. The standard InChI is InChI=1S/C8H14N2O2/c11-8(12)7-4-10-2-5-1-9-3-6(5)7/h5-7,9-10H,1-4H2,(H,11,12). The Morgan fingerprint density at radius 2 is 1.83 bits per heavy atom. The predicted octanol–water partition coefficient (Wildman–Crippen LogP) is -0.874. The minimum absolute atomic E-state index is 0.182. The van der Waals surface area contributed by atoms with Gasteiger partial charge in [0.15, 0.2) is 0 Å². The van der Waals surface area contributed by atoms with Gasteiger partial charge in [-0.05, 0) is 31.5 Å². The Labute approximate surface area is 71.3 Å². The number of rotatable bonds is 1. The van der Waals surface area contributed by atoms with Crippen molar-refractivity contribution in [2.75, 3.05) is 26.2 Å². The lowest BCUT2D eigenvalue weighted by atomic mass is 9.81. The van der Waals surface area contributed by atoms with Gasteiger partial charge in [-0.15, -0.1) is 0 Å². The van der Waals surface area contributed by atoms with Crippen LogP contribution in [0, 0.1) is 17.8 Å². The first-order chi connectivity index (χ1) is 5.79. The van der Waals surface area contributed by atoms with Crippen molar-refractivity contribution in [3.05, 3.63) is 0 Å². The van der Waals surface area contributed by atoms with Crippen LogP contribution >= 0.6 is 0 Å². The summed E-state index contributed by atoms with van der Waals surface area (Å²) in [6, 6.07) is 0. The Morgan fingerprint density at radius 3 is 2.50 bits per heavy atom. The van der Waals surface area contributed by atoms with Crippen LogP contribution in [0.4, 0.5) is 0 Å². The van der Waals surface area contributed by atoms with Crippen LogP contribution < -0.4 is 10.6 Å². The van der Waals surface area contributed by atoms with Gasteiger partial charge in [-0.2, -0.15) is 0 Å². The monoisotopic (exact) mass is 170 g/mol. The van der Waals surface area contributed by atoms with Crippen LogP contribution in [0.5, 0.6) is 0 Å². The molecule has 2 aliphatic heterocycles. The van der Waals surface area contributed by atoms with Gasteiger partial charge in [0.05, 0.1) is 5.92 Å². The first-order valence-corrected chi connectivity index (χ1v) is 4.43. The fraction of sp³-hybridized carbons (Fsp3) is 0.875. The van der Waals surface area contributed by atoms with E-state index in [2.05, 4.69) is 10.6 Å². The molecule has 4 nitrogen and oxygen atoms in total. The quantitative estimate of drug-likeness (QED) is 0.478. The molecule has 3 unspecified atom stereocenters. The van der Waals surface area contributed by atoms with E-state index in [4.69, 9.17) is 5.11 Å². The molecule has 0 aromatic heterocycles. The summed E-state index contributed by atoms with van der Waals surface area (Å²) in [7, 11) is 0. The maximum atomic E-state index is 10.8. The third-order valence-corrected chi connectivity index (χ3v) is 3.00. The zero-order valence-corrected chi connectivity index (χ0v) is 6.92. The van der Waals surface area contributed by atoms with Gasteiger partial charge in [-0.3, -0.25) is 4.79 Å². The van der Waals surface area contributed by atoms with Crippen LogP contribution in [0.25, 0.3) is 0 Å². The Morgan fingerprint density at radius 1 is 1.17 bits per heavy atom. The van der Waals surface area contributed by atoms with Crippen molar-refractivity contribution < 1.29 is 9.90 Å². The Bertz CT molecular complexity index is 195. The minimum Gasteiger partial charge on any atom is -0.481 e. The molecule has 2 heterocycles. The molecule has 4 heteroatoms. The average Bonchev–Trinajstić information content (AvgIpc) is 2.49. The SMILES string of the molecule is O=C(O)C1CNCC2CNCC21. The van der Waals surface area contributed by atoms with Gasteiger partial charge in [0, 0.05) is 6.54 Å². The van der Waals surface area contributed by atoms with Crippen molar-refractivity contribution >= 4 is 5.97 Å². The van der Waals surface area contributed by atoms with E-state index in [0.29, 0.717) is 18.4 Å². The maximum absolute atomic E-state index is 10.8. The zero-order chi connectivity index (χ0) is 8.55. The molecule has 0 saturated carbocycles. The molecule has 0 aliphatic carbocycles. The topological polar surface area (TPSA) is 61.4 Å². The van der Waals surface area contributed by atoms with Crippen LogP contribution in [0.15, 0.2) is 0 Å². The van der Waals surface area contributed by atoms with Crippen LogP contribution in [-0.4, -0.2) is 37.3 Å². The van der Waals surface area contributed by atoms with Gasteiger partial charge >= 0.3 is 5.97 Å². The highest BCUT2D eigenvalue weighted by Crippen LogP contribution is 2.27. The molecule has 0 spiro atoms. The molecule has 2 fully saturated rings. The van der Waals surface area contributed by atoms with E-state index < -0.39 is 5.97 Å². The first-order valence-electron chi connectivity index (χ1n) is 4.43. The first kappa shape index (κ1) is 8.01. The third-order valence-electron chi connectivity index (χ3n) is 3.00. The maximum Gasteiger partial charge on any atom is 0.308 e.